The molecule has 2 aromatic rings. The Bertz CT molecular complexity index is 660. The molecule has 0 aliphatic heterocycles. The van der Waals surface area contributed by atoms with Crippen LogP contribution in [-0.4, -0.2) is 5.84 Å². The topological polar surface area (TPSA) is 49.9 Å². The highest BCUT2D eigenvalue weighted by Gasteiger charge is 1.99. The van der Waals surface area contributed by atoms with E-state index in [2.05, 4.69) is 0 Å². The molecule has 0 aromatic heterocycles. The quantitative estimate of drug-likeness (QED) is 0.626. The molecule has 0 atom stereocenters. The fourth-order valence-electron chi connectivity index (χ4n) is 1.92. The van der Waals surface area contributed by atoms with E-state index in [4.69, 9.17) is 11.1 Å². The maximum atomic E-state index is 12.4. The van der Waals surface area contributed by atoms with Crippen molar-refractivity contribution in [3.63, 3.8) is 0 Å². The first-order valence-corrected chi connectivity index (χ1v) is 7.30. The second-order valence-corrected chi connectivity index (χ2v) is 4.97. The van der Waals surface area contributed by atoms with Crippen LogP contribution in [-0.2, 0) is 6.42 Å². The van der Waals surface area contributed by atoms with Gasteiger partial charge in [0.05, 0.1) is 0 Å². The third-order valence-corrected chi connectivity index (χ3v) is 3.23. The Labute approximate surface area is 132 Å². The van der Waals surface area contributed by atoms with E-state index in [9.17, 15) is 4.39 Å². The fourth-order valence-corrected chi connectivity index (χ4v) is 1.92. The number of aryl methyl sites for hydroxylation is 2. The van der Waals surface area contributed by atoms with E-state index >= 15 is 0 Å². The van der Waals surface area contributed by atoms with Crippen LogP contribution < -0.4 is 5.73 Å². The highest BCUT2D eigenvalue weighted by Crippen LogP contribution is 2.12. The zero-order chi connectivity index (χ0) is 16.5. The molecule has 0 aliphatic carbocycles. The Morgan fingerprint density at radius 1 is 1.23 bits per heavy atom. The van der Waals surface area contributed by atoms with Crippen molar-refractivity contribution in [1.29, 1.82) is 5.41 Å². The van der Waals surface area contributed by atoms with E-state index in [-0.39, 0.29) is 11.7 Å². The van der Waals surface area contributed by atoms with Gasteiger partial charge >= 0.3 is 0 Å². The lowest BCUT2D eigenvalue weighted by Gasteiger charge is -2.03. The largest absolute Gasteiger partial charge is 0.384 e. The van der Waals surface area contributed by atoms with Crippen LogP contribution in [0.15, 0.2) is 48.5 Å². The van der Waals surface area contributed by atoms with Crippen molar-refractivity contribution in [2.45, 2.75) is 27.2 Å². The molecule has 0 amide bonds. The highest BCUT2D eigenvalue weighted by molar-refractivity contribution is 5.95. The Balaban J connectivity index is 0.000000235. The van der Waals surface area contributed by atoms with Crippen molar-refractivity contribution in [2.24, 2.45) is 5.73 Å². The van der Waals surface area contributed by atoms with Crippen molar-refractivity contribution < 1.29 is 4.39 Å². The molecular formula is C19H23FN2. The maximum absolute atomic E-state index is 12.4. The van der Waals surface area contributed by atoms with Gasteiger partial charge in [-0.3, -0.25) is 5.41 Å². The summed E-state index contributed by atoms with van der Waals surface area (Å²) in [4.78, 5) is 0. The highest BCUT2D eigenvalue weighted by atomic mass is 19.1. The number of nitrogen functional groups attached to an aromatic ring is 1. The second kappa shape index (κ2) is 8.78. The number of nitrogens with two attached hydrogens (primary N) is 1. The van der Waals surface area contributed by atoms with Gasteiger partial charge < -0.3 is 5.73 Å². The van der Waals surface area contributed by atoms with E-state index in [1.54, 1.807) is 12.1 Å². The van der Waals surface area contributed by atoms with Crippen molar-refractivity contribution in [3.8, 4) is 0 Å². The summed E-state index contributed by atoms with van der Waals surface area (Å²) in [6.07, 6.45) is 4.89. The molecule has 0 fully saturated rings. The zero-order valence-electron chi connectivity index (χ0n) is 13.4. The molecule has 0 heterocycles. The molecular weight excluding hydrogens is 275 g/mol. The minimum atomic E-state index is -0.144. The molecule has 116 valence electrons. The van der Waals surface area contributed by atoms with Crippen molar-refractivity contribution in [3.05, 3.63) is 76.6 Å². The lowest BCUT2D eigenvalue weighted by atomic mass is 10.0. The van der Waals surface area contributed by atoms with E-state index in [0.29, 0.717) is 0 Å². The van der Waals surface area contributed by atoms with Crippen LogP contribution in [0.4, 0.5) is 4.39 Å². The first kappa shape index (κ1) is 17.6. The Morgan fingerprint density at radius 3 is 2.45 bits per heavy atom. The van der Waals surface area contributed by atoms with Crippen LogP contribution in [0, 0.1) is 18.2 Å². The van der Waals surface area contributed by atoms with Gasteiger partial charge in [-0.15, -0.1) is 0 Å². The van der Waals surface area contributed by atoms with Crippen molar-refractivity contribution in [2.75, 3.05) is 0 Å². The van der Waals surface area contributed by atoms with Gasteiger partial charge in [0.2, 0.25) is 0 Å². The monoisotopic (exact) mass is 298 g/mol. The van der Waals surface area contributed by atoms with Crippen LogP contribution >= 0.6 is 0 Å². The number of halogens is 1. The van der Waals surface area contributed by atoms with Crippen LogP contribution in [0.5, 0.6) is 0 Å². The van der Waals surface area contributed by atoms with E-state index in [0.717, 1.165) is 23.1 Å². The van der Waals surface area contributed by atoms with Gasteiger partial charge in [0.25, 0.3) is 0 Å². The van der Waals surface area contributed by atoms with E-state index < -0.39 is 0 Å². The zero-order valence-corrected chi connectivity index (χ0v) is 13.4. The van der Waals surface area contributed by atoms with Crippen LogP contribution in [0.1, 0.15) is 36.1 Å². The molecule has 3 N–H and O–H groups in total. The van der Waals surface area contributed by atoms with Gasteiger partial charge in [0.1, 0.15) is 11.7 Å². The summed E-state index contributed by atoms with van der Waals surface area (Å²) in [5, 5.41) is 7.29. The third kappa shape index (κ3) is 5.52. The molecule has 3 heteroatoms. The maximum Gasteiger partial charge on any atom is 0.123 e. The van der Waals surface area contributed by atoms with Gasteiger partial charge in [0, 0.05) is 5.56 Å². The second-order valence-electron chi connectivity index (χ2n) is 4.97. The molecule has 2 rings (SSSR count). The summed E-state index contributed by atoms with van der Waals surface area (Å²) in [5.41, 5.74) is 9.53. The molecule has 2 nitrogen and oxygen atoms in total. The standard InChI is InChI=1S/C11H14N2.C8H9F/c1-3-4-9-7-10(11(12)13)6-5-8(9)2;1-2-7-4-3-5-8(9)6-7/h3-7H,1-2H3,(H3,12,13);3-6H,2H2,1H3/b4-3-;. The molecule has 0 spiro atoms. The number of benzene rings is 2. The summed E-state index contributed by atoms with van der Waals surface area (Å²) in [6.45, 7) is 6.02. The van der Waals surface area contributed by atoms with Gasteiger partial charge in [-0.2, -0.15) is 0 Å². The van der Waals surface area contributed by atoms with Crippen LogP contribution in [0.25, 0.3) is 6.08 Å². The molecule has 2 aromatic carbocycles. The Morgan fingerprint density at radius 2 is 1.95 bits per heavy atom. The average Bonchev–Trinajstić information content (AvgIpc) is 2.50. The molecule has 0 saturated carbocycles. The summed E-state index contributed by atoms with van der Waals surface area (Å²) in [7, 11) is 0. The number of allylic oxidation sites excluding steroid dienone is 1. The van der Waals surface area contributed by atoms with Gasteiger partial charge in [-0.1, -0.05) is 43.3 Å². The van der Waals surface area contributed by atoms with Crippen LogP contribution in [0.2, 0.25) is 0 Å². The van der Waals surface area contributed by atoms with E-state index in [1.807, 2.05) is 57.2 Å². The molecule has 0 saturated heterocycles. The number of hydrogen-bond acceptors (Lipinski definition) is 1. The molecule has 0 aliphatic rings. The average molecular weight is 298 g/mol. The fraction of sp³-hybridized carbons (Fsp3) is 0.211. The number of rotatable bonds is 3. The lowest BCUT2D eigenvalue weighted by Crippen LogP contribution is -2.11. The van der Waals surface area contributed by atoms with Gasteiger partial charge in [-0.25, -0.2) is 4.39 Å². The summed E-state index contributed by atoms with van der Waals surface area (Å²) in [5.74, 6) is -0.0277. The van der Waals surface area contributed by atoms with Crippen molar-refractivity contribution >= 4 is 11.9 Å². The molecule has 22 heavy (non-hydrogen) atoms. The first-order chi connectivity index (χ1) is 10.5. The summed E-state index contributed by atoms with van der Waals surface area (Å²) < 4.78 is 12.4. The normalized spacial score (nSPS) is 10.2. The van der Waals surface area contributed by atoms with Crippen molar-refractivity contribution in [1.82, 2.24) is 0 Å². The predicted molar refractivity (Wildman–Crippen MR) is 92.7 cm³/mol. The molecule has 0 unspecified atom stereocenters. The first-order valence-electron chi connectivity index (χ1n) is 7.30. The number of amidine groups is 1. The van der Waals surface area contributed by atoms with Gasteiger partial charge in [0.15, 0.2) is 0 Å². The number of hydrogen-bond donors (Lipinski definition) is 2. The predicted octanol–water partition coefficient (Wildman–Crippen LogP) is 4.70. The Kier molecular flexibility index (Phi) is 7.03. The minimum Gasteiger partial charge on any atom is -0.384 e. The molecule has 0 radical (unpaired) electrons. The summed E-state index contributed by atoms with van der Waals surface area (Å²) >= 11 is 0. The smallest absolute Gasteiger partial charge is 0.123 e. The van der Waals surface area contributed by atoms with Gasteiger partial charge in [-0.05, 0) is 55.2 Å². The Hall–Kier alpha value is -2.42. The molecule has 0 bridgehead atoms. The number of nitrogens with one attached hydrogen (secondary N) is 1. The van der Waals surface area contributed by atoms with E-state index in [1.165, 1.54) is 11.6 Å². The summed E-state index contributed by atoms with van der Waals surface area (Å²) in [6, 6.07) is 12.4. The van der Waals surface area contributed by atoms with Crippen LogP contribution in [0.3, 0.4) is 0 Å². The third-order valence-electron chi connectivity index (χ3n) is 3.23. The lowest BCUT2D eigenvalue weighted by molar-refractivity contribution is 0.625. The SMILES string of the molecule is C/C=C\c1cc(C(=N)N)ccc1C.CCc1cccc(F)c1. The minimum absolute atomic E-state index is 0.116.